The second-order valence-electron chi connectivity index (χ2n) is 3.29. The van der Waals surface area contributed by atoms with Gasteiger partial charge in [0, 0.05) is 28.4 Å². The van der Waals surface area contributed by atoms with E-state index >= 15 is 0 Å². The van der Waals surface area contributed by atoms with Crippen LogP contribution in [0.15, 0.2) is 42.6 Å². The molecule has 82 valence electrons. The minimum Gasteiger partial charge on any atom is -0.409 e. The number of ether oxygens (including phenoxy) is 1. The van der Waals surface area contributed by atoms with E-state index in [2.05, 4.69) is 22.6 Å². The largest absolute Gasteiger partial charge is 0.409 e. The highest BCUT2D eigenvalue weighted by molar-refractivity contribution is 14.1. The van der Waals surface area contributed by atoms with Crippen LogP contribution in [0.1, 0.15) is 6.92 Å². The summed E-state index contributed by atoms with van der Waals surface area (Å²) in [5, 5.41) is 0. The third-order valence-electron chi connectivity index (χ3n) is 2.06. The van der Waals surface area contributed by atoms with Gasteiger partial charge in [-0.2, -0.15) is 0 Å². The van der Waals surface area contributed by atoms with Gasteiger partial charge in [0.15, 0.2) is 0 Å². The summed E-state index contributed by atoms with van der Waals surface area (Å²) < 4.78 is 8.09. The molecule has 0 unspecified atom stereocenters. The van der Waals surface area contributed by atoms with Gasteiger partial charge in [-0.1, -0.05) is 0 Å². The van der Waals surface area contributed by atoms with Crippen molar-refractivity contribution in [3.63, 3.8) is 0 Å². The molecule has 3 nitrogen and oxygen atoms in total. The fourth-order valence-corrected chi connectivity index (χ4v) is 1.77. The summed E-state index contributed by atoms with van der Waals surface area (Å²) in [5.41, 5.74) is 0.974. The highest BCUT2D eigenvalue weighted by Gasteiger charge is 2.05. The molecule has 0 radical (unpaired) electrons. The standard InChI is InChI=1S/C12H10INO2/c1-9(15)16-12-3-2-8-14(12)11-6-4-10(13)5-7-11/h2-8H,1H3. The van der Waals surface area contributed by atoms with Crippen molar-refractivity contribution in [2.24, 2.45) is 0 Å². The van der Waals surface area contributed by atoms with Crippen molar-refractivity contribution in [3.8, 4) is 11.6 Å². The normalized spacial score (nSPS) is 10.1. The lowest BCUT2D eigenvalue weighted by molar-refractivity contribution is -0.132. The van der Waals surface area contributed by atoms with Crippen LogP contribution in [0.4, 0.5) is 0 Å². The highest BCUT2D eigenvalue weighted by Crippen LogP contribution is 2.20. The maximum Gasteiger partial charge on any atom is 0.309 e. The third kappa shape index (κ3) is 2.44. The van der Waals surface area contributed by atoms with E-state index in [1.807, 2.05) is 41.1 Å². The lowest BCUT2D eigenvalue weighted by Gasteiger charge is -2.08. The number of hydrogen-bond acceptors (Lipinski definition) is 2. The van der Waals surface area contributed by atoms with Crippen molar-refractivity contribution in [2.45, 2.75) is 6.92 Å². The zero-order valence-electron chi connectivity index (χ0n) is 8.68. The van der Waals surface area contributed by atoms with Gasteiger partial charge in [-0.05, 0) is 52.9 Å². The summed E-state index contributed by atoms with van der Waals surface area (Å²) in [6.45, 7) is 1.39. The van der Waals surface area contributed by atoms with Crippen molar-refractivity contribution in [1.29, 1.82) is 0 Å². The van der Waals surface area contributed by atoms with E-state index in [9.17, 15) is 4.79 Å². The van der Waals surface area contributed by atoms with Crippen LogP contribution < -0.4 is 4.74 Å². The highest BCUT2D eigenvalue weighted by atomic mass is 127. The van der Waals surface area contributed by atoms with Crippen LogP contribution in [0.25, 0.3) is 5.69 Å². The Morgan fingerprint density at radius 2 is 1.94 bits per heavy atom. The quantitative estimate of drug-likeness (QED) is 0.627. The Morgan fingerprint density at radius 1 is 1.25 bits per heavy atom. The van der Waals surface area contributed by atoms with Crippen LogP contribution >= 0.6 is 22.6 Å². The molecule has 1 aromatic heterocycles. The first-order chi connectivity index (χ1) is 7.66. The molecule has 2 rings (SSSR count). The molecule has 0 saturated carbocycles. The Kier molecular flexibility index (Phi) is 3.28. The van der Waals surface area contributed by atoms with Crippen LogP contribution in [0.3, 0.4) is 0 Å². The fourth-order valence-electron chi connectivity index (χ4n) is 1.41. The second-order valence-corrected chi connectivity index (χ2v) is 4.53. The van der Waals surface area contributed by atoms with Crippen LogP contribution in [-0.4, -0.2) is 10.5 Å². The minimum absolute atomic E-state index is 0.314. The number of nitrogens with zero attached hydrogens (tertiary/aromatic N) is 1. The van der Waals surface area contributed by atoms with Gasteiger partial charge in [0.25, 0.3) is 0 Å². The molecule has 0 aliphatic heterocycles. The number of carbonyl (C=O) groups is 1. The fraction of sp³-hybridized carbons (Fsp3) is 0.0833. The number of aromatic nitrogens is 1. The molecule has 0 amide bonds. The number of esters is 1. The Bertz CT molecular complexity index is 502. The lowest BCUT2D eigenvalue weighted by atomic mass is 10.3. The van der Waals surface area contributed by atoms with Crippen molar-refractivity contribution in [1.82, 2.24) is 4.57 Å². The predicted molar refractivity (Wildman–Crippen MR) is 69.8 cm³/mol. The van der Waals surface area contributed by atoms with Gasteiger partial charge in [-0.3, -0.25) is 9.36 Å². The monoisotopic (exact) mass is 327 g/mol. The molecule has 0 aliphatic carbocycles. The van der Waals surface area contributed by atoms with E-state index in [0.29, 0.717) is 5.88 Å². The molecule has 1 aromatic carbocycles. The zero-order chi connectivity index (χ0) is 11.5. The molecular weight excluding hydrogens is 317 g/mol. The van der Waals surface area contributed by atoms with E-state index in [1.165, 1.54) is 10.5 Å². The van der Waals surface area contributed by atoms with Crippen LogP contribution in [0.2, 0.25) is 0 Å². The molecule has 4 heteroatoms. The minimum atomic E-state index is -0.314. The average Bonchev–Trinajstić information content (AvgIpc) is 2.66. The Hall–Kier alpha value is -1.30. The van der Waals surface area contributed by atoms with Crippen molar-refractivity contribution in [3.05, 3.63) is 46.2 Å². The third-order valence-corrected chi connectivity index (χ3v) is 2.78. The Morgan fingerprint density at radius 3 is 2.56 bits per heavy atom. The molecule has 0 spiro atoms. The number of benzene rings is 1. The maximum absolute atomic E-state index is 10.9. The van der Waals surface area contributed by atoms with Gasteiger partial charge in [0.05, 0.1) is 0 Å². The maximum atomic E-state index is 10.9. The SMILES string of the molecule is CC(=O)Oc1cccn1-c1ccc(I)cc1. The number of rotatable bonds is 2. The van der Waals surface area contributed by atoms with E-state index in [-0.39, 0.29) is 5.97 Å². The molecule has 16 heavy (non-hydrogen) atoms. The van der Waals surface area contributed by atoms with Crippen molar-refractivity contribution < 1.29 is 9.53 Å². The molecule has 0 saturated heterocycles. The number of carbonyl (C=O) groups excluding carboxylic acids is 1. The summed E-state index contributed by atoms with van der Waals surface area (Å²) in [7, 11) is 0. The first-order valence-corrected chi connectivity index (χ1v) is 5.86. The van der Waals surface area contributed by atoms with Crippen molar-refractivity contribution in [2.75, 3.05) is 0 Å². The number of hydrogen-bond donors (Lipinski definition) is 0. The molecule has 0 aliphatic rings. The van der Waals surface area contributed by atoms with Crippen LogP contribution in [-0.2, 0) is 4.79 Å². The van der Waals surface area contributed by atoms with E-state index in [4.69, 9.17) is 4.74 Å². The topological polar surface area (TPSA) is 31.2 Å². The van der Waals surface area contributed by atoms with Gasteiger partial charge < -0.3 is 4.74 Å². The first-order valence-electron chi connectivity index (χ1n) is 4.78. The second kappa shape index (κ2) is 4.69. The molecule has 0 N–H and O–H groups in total. The van der Waals surface area contributed by atoms with Crippen LogP contribution in [0, 0.1) is 3.57 Å². The smallest absolute Gasteiger partial charge is 0.309 e. The van der Waals surface area contributed by atoms with Crippen LogP contribution in [0.5, 0.6) is 5.88 Å². The van der Waals surface area contributed by atoms with Gasteiger partial charge >= 0.3 is 5.97 Å². The molecule has 0 bridgehead atoms. The van der Waals surface area contributed by atoms with Gasteiger partial charge in [-0.15, -0.1) is 0 Å². The summed E-state index contributed by atoms with van der Waals surface area (Å²) in [5.74, 6) is 0.221. The summed E-state index contributed by atoms with van der Waals surface area (Å²) in [6, 6.07) is 11.6. The van der Waals surface area contributed by atoms with Gasteiger partial charge in [-0.25, -0.2) is 0 Å². The Labute approximate surface area is 107 Å². The molecule has 2 aromatic rings. The van der Waals surface area contributed by atoms with Gasteiger partial charge in [0.2, 0.25) is 5.88 Å². The average molecular weight is 327 g/mol. The van der Waals surface area contributed by atoms with Crippen molar-refractivity contribution >= 4 is 28.6 Å². The zero-order valence-corrected chi connectivity index (χ0v) is 10.8. The number of halogens is 1. The summed E-state index contributed by atoms with van der Waals surface area (Å²) >= 11 is 2.25. The molecule has 0 fully saturated rings. The van der Waals surface area contributed by atoms with Gasteiger partial charge in [0.1, 0.15) is 0 Å². The molecule has 1 heterocycles. The lowest BCUT2D eigenvalue weighted by Crippen LogP contribution is -2.05. The molecule has 0 atom stereocenters. The summed E-state index contributed by atoms with van der Waals surface area (Å²) in [4.78, 5) is 10.9. The first kappa shape index (κ1) is 11.2. The Balaban J connectivity index is 2.36. The molecular formula is C12H10INO2. The van der Waals surface area contributed by atoms with E-state index in [1.54, 1.807) is 6.07 Å². The van der Waals surface area contributed by atoms with E-state index in [0.717, 1.165) is 5.69 Å². The summed E-state index contributed by atoms with van der Waals surface area (Å²) in [6.07, 6.45) is 1.86. The predicted octanol–water partition coefficient (Wildman–Crippen LogP) is 3.01. The van der Waals surface area contributed by atoms with E-state index < -0.39 is 0 Å².